The summed E-state index contributed by atoms with van der Waals surface area (Å²) in [5.74, 6) is 1.39. The van der Waals surface area contributed by atoms with E-state index in [0.29, 0.717) is 5.92 Å². The van der Waals surface area contributed by atoms with Crippen molar-refractivity contribution in [1.29, 1.82) is 0 Å². The van der Waals surface area contributed by atoms with Gasteiger partial charge in [0.15, 0.2) is 0 Å². The highest BCUT2D eigenvalue weighted by Gasteiger charge is 2.16. The van der Waals surface area contributed by atoms with Crippen molar-refractivity contribution in [2.24, 2.45) is 5.92 Å². The van der Waals surface area contributed by atoms with Crippen LogP contribution in [0, 0.1) is 12.8 Å². The Hall–Kier alpha value is -0.860. The summed E-state index contributed by atoms with van der Waals surface area (Å²) >= 11 is 0. The third-order valence-corrected chi connectivity index (χ3v) is 3.97. The molecule has 0 saturated carbocycles. The van der Waals surface area contributed by atoms with Crippen molar-refractivity contribution >= 4 is 0 Å². The zero-order chi connectivity index (χ0) is 14.8. The van der Waals surface area contributed by atoms with E-state index in [1.165, 1.54) is 30.4 Å². The van der Waals surface area contributed by atoms with Crippen molar-refractivity contribution < 1.29 is 4.74 Å². The molecular formula is C18H31NO. The maximum Gasteiger partial charge on any atom is 0.0587 e. The van der Waals surface area contributed by atoms with Crippen LogP contribution in [0.1, 0.15) is 50.2 Å². The second-order valence-corrected chi connectivity index (χ2v) is 5.88. The highest BCUT2D eigenvalue weighted by molar-refractivity contribution is 5.29. The van der Waals surface area contributed by atoms with Gasteiger partial charge in [-0.1, -0.05) is 51.0 Å². The van der Waals surface area contributed by atoms with E-state index in [1.807, 2.05) is 0 Å². The van der Waals surface area contributed by atoms with Gasteiger partial charge in [-0.2, -0.15) is 0 Å². The van der Waals surface area contributed by atoms with Crippen LogP contribution in [0.15, 0.2) is 24.3 Å². The Kier molecular flexibility index (Phi) is 8.56. The molecule has 0 fully saturated rings. The van der Waals surface area contributed by atoms with Gasteiger partial charge in [-0.05, 0) is 36.3 Å². The van der Waals surface area contributed by atoms with Gasteiger partial charge in [0, 0.05) is 20.2 Å². The number of benzene rings is 1. The van der Waals surface area contributed by atoms with Crippen molar-refractivity contribution in [2.75, 3.05) is 26.8 Å². The minimum Gasteiger partial charge on any atom is -0.383 e. The average Bonchev–Trinajstić information content (AvgIpc) is 2.43. The van der Waals surface area contributed by atoms with Gasteiger partial charge in [0.05, 0.1) is 6.61 Å². The minimum absolute atomic E-state index is 0.606. The number of aryl methyl sites for hydroxylation is 1. The van der Waals surface area contributed by atoms with Crippen molar-refractivity contribution in [3.63, 3.8) is 0 Å². The van der Waals surface area contributed by atoms with E-state index in [-0.39, 0.29) is 0 Å². The molecule has 2 heteroatoms. The van der Waals surface area contributed by atoms with E-state index < -0.39 is 0 Å². The molecular weight excluding hydrogens is 246 g/mol. The monoisotopic (exact) mass is 277 g/mol. The van der Waals surface area contributed by atoms with Gasteiger partial charge in [-0.3, -0.25) is 0 Å². The third-order valence-electron chi connectivity index (χ3n) is 3.97. The fourth-order valence-corrected chi connectivity index (χ4v) is 2.91. The summed E-state index contributed by atoms with van der Waals surface area (Å²) in [6.07, 6.45) is 3.86. The maximum atomic E-state index is 5.11. The quantitative estimate of drug-likeness (QED) is 0.649. The zero-order valence-corrected chi connectivity index (χ0v) is 13.6. The molecule has 2 atom stereocenters. The number of hydrogen-bond donors (Lipinski definition) is 1. The molecule has 0 aromatic heterocycles. The molecule has 0 aliphatic carbocycles. The molecule has 0 amide bonds. The van der Waals surface area contributed by atoms with Crippen LogP contribution >= 0.6 is 0 Å². The molecule has 0 saturated heterocycles. The average molecular weight is 277 g/mol. The molecule has 1 N–H and O–H groups in total. The van der Waals surface area contributed by atoms with Crippen molar-refractivity contribution in [3.05, 3.63) is 35.4 Å². The summed E-state index contributed by atoms with van der Waals surface area (Å²) in [4.78, 5) is 0. The van der Waals surface area contributed by atoms with Gasteiger partial charge in [0.25, 0.3) is 0 Å². The van der Waals surface area contributed by atoms with Crippen molar-refractivity contribution in [3.8, 4) is 0 Å². The van der Waals surface area contributed by atoms with Crippen LogP contribution in [-0.4, -0.2) is 26.8 Å². The van der Waals surface area contributed by atoms with E-state index in [0.717, 1.165) is 25.6 Å². The van der Waals surface area contributed by atoms with Crippen molar-refractivity contribution in [2.45, 2.75) is 46.0 Å². The predicted octanol–water partition coefficient (Wildman–Crippen LogP) is 4.14. The van der Waals surface area contributed by atoms with E-state index in [4.69, 9.17) is 4.74 Å². The Balaban J connectivity index is 2.66. The second kappa shape index (κ2) is 9.95. The Morgan fingerprint density at radius 1 is 1.25 bits per heavy atom. The van der Waals surface area contributed by atoms with E-state index >= 15 is 0 Å². The lowest BCUT2D eigenvalue weighted by molar-refractivity contribution is 0.198. The second-order valence-electron chi connectivity index (χ2n) is 5.88. The summed E-state index contributed by atoms with van der Waals surface area (Å²) < 4.78 is 5.11. The molecule has 0 spiro atoms. The first-order valence-corrected chi connectivity index (χ1v) is 7.94. The summed E-state index contributed by atoms with van der Waals surface area (Å²) in [6.45, 7) is 9.64. The normalized spacial score (nSPS) is 14.2. The van der Waals surface area contributed by atoms with E-state index in [9.17, 15) is 0 Å². The molecule has 0 aliphatic rings. The van der Waals surface area contributed by atoms with Crippen LogP contribution in [0.5, 0.6) is 0 Å². The van der Waals surface area contributed by atoms with Crippen molar-refractivity contribution in [1.82, 2.24) is 5.32 Å². The first-order chi connectivity index (χ1) is 9.69. The topological polar surface area (TPSA) is 21.3 Å². The van der Waals surface area contributed by atoms with Gasteiger partial charge < -0.3 is 10.1 Å². The number of ether oxygens (including phenoxy) is 1. The molecule has 2 unspecified atom stereocenters. The fraction of sp³-hybridized carbons (Fsp3) is 0.667. The number of nitrogens with one attached hydrogen (secondary N) is 1. The first kappa shape index (κ1) is 17.2. The smallest absolute Gasteiger partial charge is 0.0587 e. The minimum atomic E-state index is 0.606. The summed E-state index contributed by atoms with van der Waals surface area (Å²) in [5.41, 5.74) is 2.91. The number of methoxy groups -OCH3 is 1. The molecule has 0 aliphatic heterocycles. The van der Waals surface area contributed by atoms with Gasteiger partial charge in [-0.25, -0.2) is 0 Å². The van der Waals surface area contributed by atoms with Crippen LogP contribution in [0.25, 0.3) is 0 Å². The number of hydrogen-bond acceptors (Lipinski definition) is 2. The summed E-state index contributed by atoms with van der Waals surface area (Å²) in [7, 11) is 1.75. The fourth-order valence-electron chi connectivity index (χ4n) is 2.91. The van der Waals surface area contributed by atoms with Gasteiger partial charge in [0.2, 0.25) is 0 Å². The molecule has 20 heavy (non-hydrogen) atoms. The Morgan fingerprint density at radius 3 is 2.65 bits per heavy atom. The maximum absolute atomic E-state index is 5.11. The molecule has 1 aromatic carbocycles. The Labute approximate surface area is 124 Å². The molecule has 0 heterocycles. The molecule has 0 radical (unpaired) electrons. The lowest BCUT2D eigenvalue weighted by Gasteiger charge is -2.23. The Bertz CT molecular complexity index is 364. The van der Waals surface area contributed by atoms with Crippen LogP contribution in [0.2, 0.25) is 0 Å². The standard InChI is InChI=1S/C18H31NO/c1-5-8-15(2)13-17(14-19-11-12-20-4)18-10-7-6-9-16(18)3/h6-7,9-10,15,17,19H,5,8,11-14H2,1-4H3. The number of rotatable bonds is 10. The zero-order valence-electron chi connectivity index (χ0n) is 13.6. The van der Waals surface area contributed by atoms with E-state index in [1.54, 1.807) is 7.11 Å². The predicted molar refractivity (Wildman–Crippen MR) is 87.4 cm³/mol. The third kappa shape index (κ3) is 6.06. The lowest BCUT2D eigenvalue weighted by Crippen LogP contribution is -2.26. The molecule has 1 aromatic rings. The van der Waals surface area contributed by atoms with Crippen LogP contribution in [0.4, 0.5) is 0 Å². The lowest BCUT2D eigenvalue weighted by atomic mass is 9.85. The van der Waals surface area contributed by atoms with Crippen LogP contribution in [-0.2, 0) is 4.74 Å². The highest BCUT2D eigenvalue weighted by atomic mass is 16.5. The SMILES string of the molecule is CCCC(C)CC(CNCCOC)c1ccccc1C. The summed E-state index contributed by atoms with van der Waals surface area (Å²) in [6, 6.07) is 8.80. The van der Waals surface area contributed by atoms with Gasteiger partial charge in [0.1, 0.15) is 0 Å². The van der Waals surface area contributed by atoms with E-state index in [2.05, 4.69) is 50.4 Å². The van der Waals surface area contributed by atoms with Crippen LogP contribution < -0.4 is 5.32 Å². The Morgan fingerprint density at radius 2 is 2.00 bits per heavy atom. The first-order valence-electron chi connectivity index (χ1n) is 7.94. The largest absolute Gasteiger partial charge is 0.383 e. The molecule has 2 nitrogen and oxygen atoms in total. The molecule has 1 rings (SSSR count). The highest BCUT2D eigenvalue weighted by Crippen LogP contribution is 2.27. The summed E-state index contributed by atoms with van der Waals surface area (Å²) in [5, 5.41) is 3.53. The molecule has 0 bridgehead atoms. The molecule has 114 valence electrons. The van der Waals surface area contributed by atoms with Gasteiger partial charge in [-0.15, -0.1) is 0 Å². The van der Waals surface area contributed by atoms with Gasteiger partial charge >= 0.3 is 0 Å². The van der Waals surface area contributed by atoms with Crippen LogP contribution in [0.3, 0.4) is 0 Å².